The van der Waals surface area contributed by atoms with Crippen LogP contribution in [0.15, 0.2) is 72.9 Å². The molecule has 0 aliphatic rings. The number of carbonyl (C=O) groups excluding carboxylic acids is 2. The summed E-state index contributed by atoms with van der Waals surface area (Å²) in [4.78, 5) is 26.1. The maximum absolute atomic E-state index is 13.2. The number of hydrogen-bond acceptors (Lipinski definition) is 5. The minimum atomic E-state index is -0.808. The standard InChI is InChI=1S/C54H95NO5/c1-4-7-10-13-16-19-22-24-25-26-27-29-32-35-38-41-44-47-54(59)60-50(45-42-39-36-33-30-21-18-15-12-9-6-3)48-53(58)55-51(49-56)52(57)46-43-40-37-34-31-28-23-20-17-14-11-8-5-2/h9,12,15-16,18-19,21,24-25,30,33,36,50-52,56-57H,4-8,10-11,13-14,17,20,22-23,26-29,31-32,34-35,37-49H2,1-3H3,(H,55,58)/b12-9+,18-15+,19-16-,25-24-,30-21-,36-33-. The highest BCUT2D eigenvalue weighted by molar-refractivity contribution is 5.77. The summed E-state index contributed by atoms with van der Waals surface area (Å²) in [5.41, 5.74) is 0. The highest BCUT2D eigenvalue weighted by atomic mass is 16.5. The van der Waals surface area contributed by atoms with Gasteiger partial charge in [-0.05, 0) is 70.6 Å². The lowest BCUT2D eigenvalue weighted by Crippen LogP contribution is -2.46. The third-order valence-corrected chi connectivity index (χ3v) is 11.1. The first-order valence-electron chi connectivity index (χ1n) is 25.2. The SMILES string of the molecule is CC/C=C/C=C/C=C\C=C/CCCC(CC(=O)NC(CO)C(O)CCCCCCCCCCCCCCC)OC(=O)CCCCCCCCC/C=C\C/C=C\CCCCC. The fourth-order valence-electron chi connectivity index (χ4n) is 7.30. The Balaban J connectivity index is 4.61. The zero-order chi connectivity index (χ0) is 43.8. The van der Waals surface area contributed by atoms with Crippen LogP contribution in [0.5, 0.6) is 0 Å². The summed E-state index contributed by atoms with van der Waals surface area (Å²) in [7, 11) is 0. The van der Waals surface area contributed by atoms with Crippen LogP contribution < -0.4 is 5.32 Å². The summed E-state index contributed by atoms with van der Waals surface area (Å²) in [5.74, 6) is -0.553. The van der Waals surface area contributed by atoms with Crippen LogP contribution in [0.25, 0.3) is 0 Å². The van der Waals surface area contributed by atoms with Crippen LogP contribution >= 0.6 is 0 Å². The molecule has 0 aromatic carbocycles. The van der Waals surface area contributed by atoms with E-state index >= 15 is 0 Å². The number of unbranched alkanes of at least 4 members (excludes halogenated alkanes) is 23. The van der Waals surface area contributed by atoms with Crippen LogP contribution in [0.4, 0.5) is 0 Å². The Morgan fingerprint density at radius 3 is 1.55 bits per heavy atom. The maximum Gasteiger partial charge on any atom is 0.306 e. The van der Waals surface area contributed by atoms with Gasteiger partial charge in [0.2, 0.25) is 5.91 Å². The first-order valence-corrected chi connectivity index (χ1v) is 25.2. The van der Waals surface area contributed by atoms with Gasteiger partial charge in [-0.2, -0.15) is 0 Å². The van der Waals surface area contributed by atoms with Crippen molar-refractivity contribution in [3.05, 3.63) is 72.9 Å². The monoisotopic (exact) mass is 838 g/mol. The van der Waals surface area contributed by atoms with Crippen molar-refractivity contribution < 1.29 is 24.5 Å². The molecule has 6 heteroatoms. The number of aliphatic hydroxyl groups is 2. The van der Waals surface area contributed by atoms with Crippen LogP contribution in [0, 0.1) is 0 Å². The van der Waals surface area contributed by atoms with Crippen molar-refractivity contribution >= 4 is 11.9 Å². The van der Waals surface area contributed by atoms with E-state index in [4.69, 9.17) is 4.74 Å². The van der Waals surface area contributed by atoms with Gasteiger partial charge in [-0.15, -0.1) is 0 Å². The van der Waals surface area contributed by atoms with Crippen molar-refractivity contribution in [3.63, 3.8) is 0 Å². The summed E-state index contributed by atoms with van der Waals surface area (Å²) in [6.45, 7) is 6.29. The molecule has 60 heavy (non-hydrogen) atoms. The molecule has 346 valence electrons. The van der Waals surface area contributed by atoms with E-state index in [1.54, 1.807) is 0 Å². The van der Waals surface area contributed by atoms with Gasteiger partial charge in [-0.3, -0.25) is 9.59 Å². The van der Waals surface area contributed by atoms with E-state index in [0.717, 1.165) is 70.6 Å². The van der Waals surface area contributed by atoms with Crippen molar-refractivity contribution in [2.75, 3.05) is 6.61 Å². The number of esters is 1. The average Bonchev–Trinajstić information content (AvgIpc) is 3.24. The molecule has 0 aromatic rings. The van der Waals surface area contributed by atoms with Crippen LogP contribution in [0.1, 0.15) is 233 Å². The number of rotatable bonds is 44. The smallest absolute Gasteiger partial charge is 0.306 e. The van der Waals surface area contributed by atoms with Gasteiger partial charge >= 0.3 is 5.97 Å². The molecule has 3 N–H and O–H groups in total. The van der Waals surface area contributed by atoms with Gasteiger partial charge in [-0.25, -0.2) is 0 Å². The minimum Gasteiger partial charge on any atom is -0.462 e. The number of nitrogens with one attached hydrogen (secondary N) is 1. The van der Waals surface area contributed by atoms with Gasteiger partial charge in [0.15, 0.2) is 0 Å². The summed E-state index contributed by atoms with van der Waals surface area (Å²) in [5, 5.41) is 23.7. The second-order valence-electron chi connectivity index (χ2n) is 16.9. The van der Waals surface area contributed by atoms with Gasteiger partial charge < -0.3 is 20.3 Å². The van der Waals surface area contributed by atoms with Crippen LogP contribution in [0.3, 0.4) is 0 Å². The molecule has 0 aliphatic heterocycles. The maximum atomic E-state index is 13.2. The lowest BCUT2D eigenvalue weighted by atomic mass is 10.0. The van der Waals surface area contributed by atoms with Crippen molar-refractivity contribution in [2.24, 2.45) is 0 Å². The van der Waals surface area contributed by atoms with Gasteiger partial charge in [0.05, 0.1) is 25.2 Å². The summed E-state index contributed by atoms with van der Waals surface area (Å²) in [6, 6.07) is -0.726. The van der Waals surface area contributed by atoms with Crippen molar-refractivity contribution in [1.82, 2.24) is 5.32 Å². The molecule has 0 saturated carbocycles. The fraction of sp³-hybridized carbons (Fsp3) is 0.741. The number of carbonyl (C=O) groups is 2. The van der Waals surface area contributed by atoms with E-state index in [-0.39, 0.29) is 24.9 Å². The van der Waals surface area contributed by atoms with Gasteiger partial charge in [0.1, 0.15) is 6.10 Å². The Kier molecular flexibility index (Phi) is 45.2. The van der Waals surface area contributed by atoms with Gasteiger partial charge in [-0.1, -0.05) is 222 Å². The quantitative estimate of drug-likeness (QED) is 0.0246. The second kappa shape index (κ2) is 47.4. The Labute approximate surface area is 371 Å². The Hall–Kier alpha value is -2.70. The molecule has 0 heterocycles. The van der Waals surface area contributed by atoms with E-state index in [1.807, 2.05) is 36.5 Å². The number of amides is 1. The molecule has 0 radical (unpaired) electrons. The molecule has 0 aliphatic carbocycles. The predicted molar refractivity (Wildman–Crippen MR) is 259 cm³/mol. The van der Waals surface area contributed by atoms with Crippen molar-refractivity contribution in [3.8, 4) is 0 Å². The lowest BCUT2D eigenvalue weighted by Gasteiger charge is -2.24. The highest BCUT2D eigenvalue weighted by Crippen LogP contribution is 2.17. The molecule has 3 atom stereocenters. The van der Waals surface area contributed by atoms with E-state index in [0.29, 0.717) is 19.3 Å². The van der Waals surface area contributed by atoms with Crippen LogP contribution in [0.2, 0.25) is 0 Å². The van der Waals surface area contributed by atoms with E-state index < -0.39 is 18.2 Å². The zero-order valence-corrected chi connectivity index (χ0v) is 39.3. The Morgan fingerprint density at radius 2 is 0.983 bits per heavy atom. The fourth-order valence-corrected chi connectivity index (χ4v) is 7.30. The van der Waals surface area contributed by atoms with Gasteiger partial charge in [0, 0.05) is 6.42 Å². The molecule has 6 nitrogen and oxygen atoms in total. The molecule has 0 rings (SSSR count). The second-order valence-corrected chi connectivity index (χ2v) is 16.9. The molecule has 3 unspecified atom stereocenters. The Bertz CT molecular complexity index is 1120. The molecular formula is C54H95NO5. The van der Waals surface area contributed by atoms with Crippen molar-refractivity contribution in [2.45, 2.75) is 251 Å². The largest absolute Gasteiger partial charge is 0.462 e. The van der Waals surface area contributed by atoms with E-state index in [2.05, 4.69) is 62.5 Å². The lowest BCUT2D eigenvalue weighted by molar-refractivity contribution is -0.151. The average molecular weight is 838 g/mol. The zero-order valence-electron chi connectivity index (χ0n) is 39.3. The van der Waals surface area contributed by atoms with Crippen LogP contribution in [-0.4, -0.2) is 46.9 Å². The number of ether oxygens (including phenoxy) is 1. The third kappa shape index (κ3) is 42.0. The van der Waals surface area contributed by atoms with E-state index in [9.17, 15) is 19.8 Å². The molecule has 1 amide bonds. The molecular weight excluding hydrogens is 743 g/mol. The molecule has 0 fully saturated rings. The summed E-state index contributed by atoms with van der Waals surface area (Å²) < 4.78 is 5.88. The highest BCUT2D eigenvalue weighted by Gasteiger charge is 2.24. The molecule has 0 spiro atoms. The molecule has 0 aromatic heterocycles. The predicted octanol–water partition coefficient (Wildman–Crippen LogP) is 15.0. The van der Waals surface area contributed by atoms with Crippen LogP contribution in [-0.2, 0) is 14.3 Å². The summed E-state index contributed by atoms with van der Waals surface area (Å²) in [6.07, 6.45) is 59.7. The number of hydrogen-bond donors (Lipinski definition) is 3. The number of allylic oxidation sites excluding steroid dienone is 12. The normalized spacial score (nSPS) is 13.9. The van der Waals surface area contributed by atoms with Crippen molar-refractivity contribution in [1.29, 1.82) is 0 Å². The number of aliphatic hydroxyl groups excluding tert-OH is 2. The molecule has 0 saturated heterocycles. The van der Waals surface area contributed by atoms with Gasteiger partial charge in [0.25, 0.3) is 0 Å². The minimum absolute atomic E-state index is 0.0261. The topological polar surface area (TPSA) is 95.9 Å². The summed E-state index contributed by atoms with van der Waals surface area (Å²) >= 11 is 0. The third-order valence-electron chi connectivity index (χ3n) is 11.1. The van der Waals surface area contributed by atoms with E-state index in [1.165, 1.54) is 116 Å². The molecule has 0 bridgehead atoms. The Morgan fingerprint density at radius 1 is 0.517 bits per heavy atom. The first-order chi connectivity index (χ1) is 29.5. The first kappa shape index (κ1) is 57.3.